The number of aromatic nitrogens is 1. The third-order valence-electron chi connectivity index (χ3n) is 3.26. The van der Waals surface area contributed by atoms with Gasteiger partial charge in [-0.2, -0.15) is 0 Å². The fourth-order valence-corrected chi connectivity index (χ4v) is 2.50. The Morgan fingerprint density at radius 2 is 2.21 bits per heavy atom. The van der Waals surface area contributed by atoms with Gasteiger partial charge in [0.1, 0.15) is 5.15 Å². The van der Waals surface area contributed by atoms with Crippen LogP contribution in [0.5, 0.6) is 0 Å². The molecule has 0 aromatic carbocycles. The van der Waals surface area contributed by atoms with Crippen LogP contribution in [0.2, 0.25) is 5.15 Å². The van der Waals surface area contributed by atoms with Crippen LogP contribution in [-0.2, 0) is 5.41 Å². The van der Waals surface area contributed by atoms with E-state index < -0.39 is 0 Å². The number of halogens is 1. The Hall–Kier alpha value is -0.600. The molecule has 0 saturated heterocycles. The smallest absolute Gasteiger partial charge is 0.133 e. The van der Waals surface area contributed by atoms with E-state index in [1.165, 1.54) is 6.42 Å². The molecule has 1 saturated carbocycles. The summed E-state index contributed by atoms with van der Waals surface area (Å²) < 4.78 is 0. The highest BCUT2D eigenvalue weighted by Gasteiger charge is 2.39. The highest BCUT2D eigenvalue weighted by molar-refractivity contribution is 6.30. The van der Waals surface area contributed by atoms with Gasteiger partial charge in [0.2, 0.25) is 0 Å². The van der Waals surface area contributed by atoms with Crippen molar-refractivity contribution in [2.24, 2.45) is 5.73 Å². The van der Waals surface area contributed by atoms with E-state index in [4.69, 9.17) is 17.3 Å². The van der Waals surface area contributed by atoms with Gasteiger partial charge in [0.15, 0.2) is 0 Å². The molecule has 14 heavy (non-hydrogen) atoms. The van der Waals surface area contributed by atoms with Crippen molar-refractivity contribution in [2.75, 3.05) is 6.54 Å². The van der Waals surface area contributed by atoms with Gasteiger partial charge in [-0.1, -0.05) is 24.1 Å². The van der Waals surface area contributed by atoms with Gasteiger partial charge in [-0.25, -0.2) is 4.98 Å². The minimum absolute atomic E-state index is 0.123. The van der Waals surface area contributed by atoms with Gasteiger partial charge < -0.3 is 5.73 Å². The molecule has 1 aromatic heterocycles. The molecule has 1 aromatic rings. The van der Waals surface area contributed by atoms with Crippen molar-refractivity contribution in [3.8, 4) is 0 Å². The first-order chi connectivity index (χ1) is 6.68. The number of nitrogens with two attached hydrogens (primary N) is 1. The molecule has 3 heteroatoms. The van der Waals surface area contributed by atoms with E-state index in [0.29, 0.717) is 11.7 Å². The van der Waals surface area contributed by atoms with E-state index in [2.05, 4.69) is 11.1 Å². The highest BCUT2D eigenvalue weighted by Crippen LogP contribution is 2.44. The Morgan fingerprint density at radius 3 is 2.64 bits per heavy atom. The van der Waals surface area contributed by atoms with Crippen molar-refractivity contribution in [2.45, 2.75) is 31.6 Å². The van der Waals surface area contributed by atoms with Gasteiger partial charge in [-0.3, -0.25) is 0 Å². The first-order valence-corrected chi connectivity index (χ1v) is 5.39. The van der Waals surface area contributed by atoms with Crippen LogP contribution < -0.4 is 5.73 Å². The molecule has 1 heterocycles. The van der Waals surface area contributed by atoms with Crippen molar-refractivity contribution in [1.29, 1.82) is 0 Å². The second kappa shape index (κ2) is 3.52. The largest absolute Gasteiger partial charge is 0.330 e. The normalized spacial score (nSPS) is 19.1. The minimum atomic E-state index is 0.123. The summed E-state index contributed by atoms with van der Waals surface area (Å²) in [6.45, 7) is 2.63. The van der Waals surface area contributed by atoms with Gasteiger partial charge >= 0.3 is 0 Å². The van der Waals surface area contributed by atoms with Crippen LogP contribution in [0.1, 0.15) is 30.5 Å². The quantitative estimate of drug-likeness (QED) is 0.762. The van der Waals surface area contributed by atoms with Gasteiger partial charge in [0, 0.05) is 17.7 Å². The summed E-state index contributed by atoms with van der Waals surface area (Å²) in [4.78, 5) is 4.28. The fourth-order valence-electron chi connectivity index (χ4n) is 2.11. The Bertz CT molecular complexity index is 340. The SMILES string of the molecule is Cc1ccc(C2(CN)CCC2)c(Cl)n1. The van der Waals surface area contributed by atoms with E-state index in [1.54, 1.807) is 0 Å². The van der Waals surface area contributed by atoms with Crippen LogP contribution in [0.4, 0.5) is 0 Å². The molecule has 0 atom stereocenters. The predicted octanol–water partition coefficient (Wildman–Crippen LogP) is 2.42. The molecule has 2 nitrogen and oxygen atoms in total. The van der Waals surface area contributed by atoms with Gasteiger partial charge in [-0.05, 0) is 31.4 Å². The van der Waals surface area contributed by atoms with Gasteiger partial charge in [0.05, 0.1) is 0 Å². The van der Waals surface area contributed by atoms with Crippen molar-refractivity contribution >= 4 is 11.6 Å². The van der Waals surface area contributed by atoms with Crippen molar-refractivity contribution in [3.05, 3.63) is 28.5 Å². The predicted molar refractivity (Wildman–Crippen MR) is 58.6 cm³/mol. The monoisotopic (exact) mass is 210 g/mol. The van der Waals surface area contributed by atoms with Crippen molar-refractivity contribution in [3.63, 3.8) is 0 Å². The maximum Gasteiger partial charge on any atom is 0.133 e. The van der Waals surface area contributed by atoms with E-state index in [9.17, 15) is 0 Å². The molecule has 0 bridgehead atoms. The van der Waals surface area contributed by atoms with Crippen LogP contribution >= 0.6 is 11.6 Å². The lowest BCUT2D eigenvalue weighted by Gasteiger charge is -2.41. The maximum atomic E-state index is 6.14. The molecular formula is C11H15ClN2. The number of rotatable bonds is 2. The maximum absolute atomic E-state index is 6.14. The first-order valence-electron chi connectivity index (χ1n) is 5.02. The Kier molecular flexibility index (Phi) is 2.50. The third kappa shape index (κ3) is 1.43. The third-order valence-corrected chi connectivity index (χ3v) is 3.55. The zero-order valence-electron chi connectivity index (χ0n) is 8.39. The second-order valence-corrected chi connectivity index (χ2v) is 4.49. The zero-order valence-corrected chi connectivity index (χ0v) is 9.14. The second-order valence-electron chi connectivity index (χ2n) is 4.13. The Morgan fingerprint density at radius 1 is 1.50 bits per heavy atom. The highest BCUT2D eigenvalue weighted by atomic mass is 35.5. The van der Waals surface area contributed by atoms with Crippen molar-refractivity contribution < 1.29 is 0 Å². The lowest BCUT2D eigenvalue weighted by molar-refractivity contribution is 0.252. The molecule has 1 aliphatic carbocycles. The molecule has 2 N–H and O–H groups in total. The number of pyridine rings is 1. The molecule has 1 aliphatic rings. The Labute approximate surface area is 89.5 Å². The fraction of sp³-hybridized carbons (Fsp3) is 0.545. The van der Waals surface area contributed by atoms with E-state index in [1.807, 2.05) is 13.0 Å². The summed E-state index contributed by atoms with van der Waals surface area (Å²) in [5.41, 5.74) is 8.04. The van der Waals surface area contributed by atoms with E-state index >= 15 is 0 Å². The molecule has 0 unspecified atom stereocenters. The molecule has 76 valence electrons. The van der Waals surface area contributed by atoms with E-state index in [-0.39, 0.29) is 5.41 Å². The lowest BCUT2D eigenvalue weighted by Crippen LogP contribution is -2.41. The zero-order chi connectivity index (χ0) is 10.2. The average Bonchev–Trinajstić information content (AvgIpc) is 2.07. The first kappa shape index (κ1) is 9.94. The minimum Gasteiger partial charge on any atom is -0.330 e. The lowest BCUT2D eigenvalue weighted by atomic mass is 9.65. The summed E-state index contributed by atoms with van der Waals surface area (Å²) >= 11 is 6.14. The molecule has 1 fully saturated rings. The number of hydrogen-bond donors (Lipinski definition) is 1. The van der Waals surface area contributed by atoms with Crippen LogP contribution in [-0.4, -0.2) is 11.5 Å². The topological polar surface area (TPSA) is 38.9 Å². The summed E-state index contributed by atoms with van der Waals surface area (Å²) in [6, 6.07) is 4.09. The Balaban J connectivity index is 2.40. The van der Waals surface area contributed by atoms with Crippen LogP contribution in [0.15, 0.2) is 12.1 Å². The molecule has 0 amide bonds. The standard InChI is InChI=1S/C11H15ClN2/c1-8-3-4-9(10(12)14-8)11(7-13)5-2-6-11/h3-4H,2,5-7,13H2,1H3. The number of aryl methyl sites for hydroxylation is 1. The average molecular weight is 211 g/mol. The van der Waals surface area contributed by atoms with Gasteiger partial charge in [-0.15, -0.1) is 0 Å². The molecule has 2 rings (SSSR count). The van der Waals surface area contributed by atoms with Crippen LogP contribution in [0, 0.1) is 6.92 Å². The van der Waals surface area contributed by atoms with Crippen LogP contribution in [0.3, 0.4) is 0 Å². The molecule has 0 radical (unpaired) electrons. The van der Waals surface area contributed by atoms with Crippen molar-refractivity contribution in [1.82, 2.24) is 4.98 Å². The summed E-state index contributed by atoms with van der Waals surface area (Å²) in [6.07, 6.45) is 3.54. The van der Waals surface area contributed by atoms with E-state index in [0.717, 1.165) is 24.1 Å². The summed E-state index contributed by atoms with van der Waals surface area (Å²) in [5, 5.41) is 0.634. The number of hydrogen-bond acceptors (Lipinski definition) is 2. The van der Waals surface area contributed by atoms with Gasteiger partial charge in [0.25, 0.3) is 0 Å². The molecular weight excluding hydrogens is 196 g/mol. The summed E-state index contributed by atoms with van der Waals surface area (Å²) in [5.74, 6) is 0. The molecule has 0 spiro atoms. The van der Waals surface area contributed by atoms with Crippen LogP contribution in [0.25, 0.3) is 0 Å². The number of nitrogens with zero attached hydrogens (tertiary/aromatic N) is 1. The summed E-state index contributed by atoms with van der Waals surface area (Å²) in [7, 11) is 0. The molecule has 0 aliphatic heterocycles.